The van der Waals surface area contributed by atoms with Crippen LogP contribution in [0.4, 0.5) is 0 Å². The molecule has 2 heterocycles. The van der Waals surface area contributed by atoms with Gasteiger partial charge < -0.3 is 5.32 Å². The summed E-state index contributed by atoms with van der Waals surface area (Å²) in [7, 11) is 0. The molecule has 0 saturated heterocycles. The molecule has 0 saturated carbocycles. The molecular formula is C16H15Cl2N5O. The summed E-state index contributed by atoms with van der Waals surface area (Å²) >= 11 is 12.1. The van der Waals surface area contributed by atoms with Crippen LogP contribution < -0.4 is 5.32 Å². The molecule has 0 bridgehead atoms. The summed E-state index contributed by atoms with van der Waals surface area (Å²) < 4.78 is 1.54. The minimum Gasteiger partial charge on any atom is -0.343 e. The van der Waals surface area contributed by atoms with Crippen LogP contribution in [0, 0.1) is 13.8 Å². The molecule has 124 valence electrons. The minimum atomic E-state index is -0.393. The van der Waals surface area contributed by atoms with Gasteiger partial charge in [-0.3, -0.25) is 4.79 Å². The lowest BCUT2D eigenvalue weighted by molar-refractivity contribution is 0.0929. The highest BCUT2D eigenvalue weighted by molar-refractivity contribution is 6.35. The number of carbonyl (C=O) groups is 1. The molecule has 2 aromatic heterocycles. The molecule has 0 fully saturated rings. The maximum absolute atomic E-state index is 12.4. The summed E-state index contributed by atoms with van der Waals surface area (Å²) in [5.41, 5.74) is 2.45. The van der Waals surface area contributed by atoms with E-state index < -0.39 is 5.91 Å². The lowest BCUT2D eigenvalue weighted by Crippen LogP contribution is -2.27. The monoisotopic (exact) mass is 363 g/mol. The average Bonchev–Trinajstić information content (AvgIpc) is 2.91. The van der Waals surface area contributed by atoms with Crippen LogP contribution in [0.3, 0.4) is 0 Å². The number of aryl methyl sites for hydroxylation is 2. The molecule has 0 aliphatic rings. The number of hydrogen-bond acceptors (Lipinski definition) is 4. The van der Waals surface area contributed by atoms with Gasteiger partial charge in [0, 0.05) is 21.4 Å². The van der Waals surface area contributed by atoms with Crippen LogP contribution in [0.2, 0.25) is 10.0 Å². The predicted octanol–water partition coefficient (Wildman–Crippen LogP) is 3.54. The first-order chi connectivity index (χ1) is 11.3. The fourth-order valence-electron chi connectivity index (χ4n) is 2.45. The number of halogens is 2. The zero-order valence-electron chi connectivity index (χ0n) is 13.3. The number of hydrogen-bond donors (Lipinski definition) is 1. The quantitative estimate of drug-likeness (QED) is 0.772. The smallest absolute Gasteiger partial charge is 0.291 e. The Kier molecular flexibility index (Phi) is 4.43. The molecule has 1 unspecified atom stereocenters. The normalized spacial score (nSPS) is 12.4. The van der Waals surface area contributed by atoms with Gasteiger partial charge in [0.1, 0.15) is 0 Å². The van der Waals surface area contributed by atoms with Gasteiger partial charge in [0.05, 0.1) is 6.04 Å². The molecule has 0 spiro atoms. The molecule has 1 N–H and O–H groups in total. The van der Waals surface area contributed by atoms with Crippen molar-refractivity contribution >= 4 is 34.9 Å². The van der Waals surface area contributed by atoms with Gasteiger partial charge in [0.15, 0.2) is 0 Å². The van der Waals surface area contributed by atoms with Crippen molar-refractivity contribution in [2.75, 3.05) is 0 Å². The van der Waals surface area contributed by atoms with Gasteiger partial charge in [-0.25, -0.2) is 9.50 Å². The highest BCUT2D eigenvalue weighted by atomic mass is 35.5. The largest absolute Gasteiger partial charge is 0.343 e. The third kappa shape index (κ3) is 3.20. The van der Waals surface area contributed by atoms with Crippen LogP contribution in [0.1, 0.15) is 40.5 Å². The Hall–Kier alpha value is -2.18. The standard InChI is InChI=1S/C16H15Cl2N5O/c1-8-6-9(2)23-16(19-8)21-14(22-23)15(24)20-10(3)12-5-4-11(17)7-13(12)18/h4-7,10H,1-3H3,(H,20,24). The van der Waals surface area contributed by atoms with Gasteiger partial charge in [-0.1, -0.05) is 29.3 Å². The molecule has 1 amide bonds. The number of rotatable bonds is 3. The van der Waals surface area contributed by atoms with Crippen LogP contribution in [-0.2, 0) is 0 Å². The van der Waals surface area contributed by atoms with Crippen molar-refractivity contribution in [3.05, 3.63) is 57.1 Å². The molecule has 1 aromatic carbocycles. The zero-order valence-corrected chi connectivity index (χ0v) is 14.9. The number of nitrogens with one attached hydrogen (secondary N) is 1. The third-order valence-electron chi connectivity index (χ3n) is 3.60. The van der Waals surface area contributed by atoms with Gasteiger partial charge in [0.2, 0.25) is 5.82 Å². The van der Waals surface area contributed by atoms with Crippen molar-refractivity contribution in [3.8, 4) is 0 Å². The molecule has 0 aliphatic heterocycles. The number of aromatic nitrogens is 4. The SMILES string of the molecule is Cc1cc(C)n2nc(C(=O)NC(C)c3ccc(Cl)cc3Cl)nc2n1. The lowest BCUT2D eigenvalue weighted by atomic mass is 10.1. The minimum absolute atomic E-state index is 0.0631. The Morgan fingerprint density at radius 1 is 1.21 bits per heavy atom. The molecule has 24 heavy (non-hydrogen) atoms. The first-order valence-corrected chi connectivity index (χ1v) is 8.07. The number of amides is 1. The Morgan fingerprint density at radius 3 is 2.67 bits per heavy atom. The first kappa shape index (κ1) is 16.7. The van der Waals surface area contributed by atoms with Gasteiger partial charge >= 0.3 is 0 Å². The second-order valence-electron chi connectivity index (χ2n) is 5.55. The highest BCUT2D eigenvalue weighted by Gasteiger charge is 2.19. The number of fused-ring (bicyclic) bond motifs is 1. The maximum atomic E-state index is 12.4. The van der Waals surface area contributed by atoms with Crippen molar-refractivity contribution in [2.24, 2.45) is 0 Å². The summed E-state index contributed by atoms with van der Waals surface area (Å²) in [5, 5.41) is 8.08. The highest BCUT2D eigenvalue weighted by Crippen LogP contribution is 2.26. The van der Waals surface area contributed by atoms with Crippen molar-refractivity contribution < 1.29 is 4.79 Å². The van der Waals surface area contributed by atoms with E-state index in [1.165, 1.54) is 0 Å². The van der Waals surface area contributed by atoms with E-state index in [1.807, 2.05) is 26.8 Å². The fourth-order valence-corrected chi connectivity index (χ4v) is 3.03. The van der Waals surface area contributed by atoms with Crippen LogP contribution in [0.25, 0.3) is 5.78 Å². The molecule has 1 atom stereocenters. The van der Waals surface area contributed by atoms with E-state index in [1.54, 1.807) is 22.7 Å². The maximum Gasteiger partial charge on any atom is 0.291 e. The molecular weight excluding hydrogens is 349 g/mol. The van der Waals surface area contributed by atoms with E-state index in [0.29, 0.717) is 15.8 Å². The van der Waals surface area contributed by atoms with Gasteiger partial charge in [-0.2, -0.15) is 4.98 Å². The van der Waals surface area contributed by atoms with Crippen molar-refractivity contribution in [1.29, 1.82) is 0 Å². The predicted molar refractivity (Wildman–Crippen MR) is 92.6 cm³/mol. The van der Waals surface area contributed by atoms with Crippen LogP contribution >= 0.6 is 23.2 Å². The zero-order chi connectivity index (χ0) is 17.4. The Balaban J connectivity index is 1.85. The van der Waals surface area contributed by atoms with Gasteiger partial charge in [0.25, 0.3) is 11.7 Å². The second kappa shape index (κ2) is 6.37. The summed E-state index contributed by atoms with van der Waals surface area (Å²) in [6.45, 7) is 5.58. The van der Waals surface area contributed by atoms with E-state index in [9.17, 15) is 4.79 Å². The Labute approximate surface area is 148 Å². The van der Waals surface area contributed by atoms with Crippen molar-refractivity contribution in [1.82, 2.24) is 24.9 Å². The van der Waals surface area contributed by atoms with E-state index in [2.05, 4.69) is 20.4 Å². The second-order valence-corrected chi connectivity index (χ2v) is 6.39. The molecule has 8 heteroatoms. The molecule has 0 radical (unpaired) electrons. The number of benzene rings is 1. The first-order valence-electron chi connectivity index (χ1n) is 7.32. The average molecular weight is 364 g/mol. The van der Waals surface area contributed by atoms with Gasteiger partial charge in [-0.15, -0.1) is 5.10 Å². The van der Waals surface area contributed by atoms with Crippen LogP contribution in [-0.4, -0.2) is 25.5 Å². The molecule has 0 aliphatic carbocycles. The summed E-state index contributed by atoms with van der Waals surface area (Å²) in [5.74, 6) is 0.0686. The molecule has 6 nitrogen and oxygen atoms in total. The fraction of sp³-hybridized carbons (Fsp3) is 0.250. The van der Waals surface area contributed by atoms with E-state index >= 15 is 0 Å². The van der Waals surface area contributed by atoms with Crippen molar-refractivity contribution in [2.45, 2.75) is 26.8 Å². The third-order valence-corrected chi connectivity index (χ3v) is 4.16. The van der Waals surface area contributed by atoms with Crippen LogP contribution in [0.15, 0.2) is 24.3 Å². The molecule has 3 rings (SSSR count). The van der Waals surface area contributed by atoms with Gasteiger partial charge in [-0.05, 0) is 44.5 Å². The van der Waals surface area contributed by atoms with E-state index in [-0.39, 0.29) is 11.9 Å². The number of carbonyl (C=O) groups excluding carboxylic acids is 1. The molecule has 3 aromatic rings. The Morgan fingerprint density at radius 2 is 1.96 bits per heavy atom. The lowest BCUT2D eigenvalue weighted by Gasteiger charge is -2.14. The summed E-state index contributed by atoms with van der Waals surface area (Å²) in [6, 6.07) is 6.70. The van der Waals surface area contributed by atoms with Crippen molar-refractivity contribution in [3.63, 3.8) is 0 Å². The van der Waals surface area contributed by atoms with Crippen LogP contribution in [0.5, 0.6) is 0 Å². The summed E-state index contributed by atoms with van der Waals surface area (Å²) in [6.07, 6.45) is 0. The topological polar surface area (TPSA) is 72.2 Å². The van der Waals surface area contributed by atoms with E-state index in [4.69, 9.17) is 23.2 Å². The number of nitrogens with zero attached hydrogens (tertiary/aromatic N) is 4. The Bertz CT molecular complexity index is 938. The summed E-state index contributed by atoms with van der Waals surface area (Å²) in [4.78, 5) is 20.9. The van der Waals surface area contributed by atoms with E-state index in [0.717, 1.165) is 17.0 Å².